The van der Waals surface area contributed by atoms with Gasteiger partial charge in [0.1, 0.15) is 17.8 Å². The summed E-state index contributed by atoms with van der Waals surface area (Å²) in [5.41, 5.74) is 3.01. The predicted octanol–water partition coefficient (Wildman–Crippen LogP) is 4.69. The summed E-state index contributed by atoms with van der Waals surface area (Å²) in [5.74, 6) is -0.0893. The molecule has 0 unspecified atom stereocenters. The summed E-state index contributed by atoms with van der Waals surface area (Å²) in [4.78, 5) is 16.3. The van der Waals surface area contributed by atoms with Gasteiger partial charge in [-0.2, -0.15) is 0 Å². The number of hydrogen-bond acceptors (Lipinski definition) is 3. The highest BCUT2D eigenvalue weighted by Gasteiger charge is 2.06. The molecular weight excluding hydrogens is 293 g/mol. The molecule has 114 valence electrons. The molecule has 4 heteroatoms. The van der Waals surface area contributed by atoms with Crippen molar-refractivity contribution in [2.75, 3.05) is 0 Å². The number of nitrogens with zero attached hydrogens (tertiary/aromatic N) is 1. The molecule has 0 aliphatic heterocycles. The third-order valence-electron chi connectivity index (χ3n) is 3.35. The van der Waals surface area contributed by atoms with Gasteiger partial charge in [0.25, 0.3) is 0 Å². The Labute approximate surface area is 133 Å². The second kappa shape index (κ2) is 6.40. The topological polar surface area (TPSA) is 43.1 Å². The molecule has 3 rings (SSSR count). The van der Waals surface area contributed by atoms with Crippen molar-refractivity contribution in [1.29, 1.82) is 0 Å². The quantitative estimate of drug-likeness (QED) is 0.519. The number of ketones is 1. The number of oxazole rings is 1. The molecule has 1 aromatic heterocycles. The second-order valence-corrected chi connectivity index (χ2v) is 5.15. The summed E-state index contributed by atoms with van der Waals surface area (Å²) in [6, 6.07) is 13.2. The number of aryl methyl sites for hydroxylation is 1. The summed E-state index contributed by atoms with van der Waals surface area (Å²) in [6.45, 7) is 2.01. The fraction of sp³-hybridized carbons (Fsp3) is 0.0526. The number of allylic oxidation sites excluding steroid dienone is 1. The van der Waals surface area contributed by atoms with Gasteiger partial charge in [-0.05, 0) is 55.5 Å². The molecule has 0 radical (unpaired) electrons. The predicted molar refractivity (Wildman–Crippen MR) is 86.4 cm³/mol. The van der Waals surface area contributed by atoms with Gasteiger partial charge in [-0.25, -0.2) is 9.37 Å². The van der Waals surface area contributed by atoms with E-state index in [0.717, 1.165) is 11.1 Å². The number of benzene rings is 2. The lowest BCUT2D eigenvalue weighted by molar-refractivity contribution is 0.104. The maximum Gasteiger partial charge on any atom is 0.226 e. The first kappa shape index (κ1) is 14.9. The van der Waals surface area contributed by atoms with Crippen molar-refractivity contribution in [2.24, 2.45) is 0 Å². The Morgan fingerprint density at radius 2 is 1.78 bits per heavy atom. The van der Waals surface area contributed by atoms with Crippen LogP contribution in [-0.4, -0.2) is 10.8 Å². The molecule has 0 fully saturated rings. The van der Waals surface area contributed by atoms with Crippen LogP contribution in [-0.2, 0) is 0 Å². The summed E-state index contributed by atoms with van der Waals surface area (Å²) in [6.07, 6.45) is 4.46. The van der Waals surface area contributed by atoms with Crippen molar-refractivity contribution in [3.63, 3.8) is 0 Å². The molecule has 23 heavy (non-hydrogen) atoms. The molecule has 0 amide bonds. The molecule has 0 saturated heterocycles. The number of hydrogen-bond donors (Lipinski definition) is 0. The molecule has 0 atom stereocenters. The van der Waals surface area contributed by atoms with Crippen LogP contribution in [0.1, 0.15) is 21.6 Å². The molecule has 3 aromatic rings. The van der Waals surface area contributed by atoms with Crippen molar-refractivity contribution >= 4 is 11.9 Å². The van der Waals surface area contributed by atoms with Crippen LogP contribution in [0.3, 0.4) is 0 Å². The lowest BCUT2D eigenvalue weighted by Gasteiger charge is -1.95. The van der Waals surface area contributed by atoms with Gasteiger partial charge < -0.3 is 4.42 Å². The van der Waals surface area contributed by atoms with Crippen LogP contribution in [0.4, 0.5) is 4.39 Å². The minimum atomic E-state index is -0.371. The molecule has 0 saturated carbocycles. The van der Waals surface area contributed by atoms with Crippen LogP contribution in [0.5, 0.6) is 0 Å². The van der Waals surface area contributed by atoms with Crippen LogP contribution < -0.4 is 0 Å². The summed E-state index contributed by atoms with van der Waals surface area (Å²) in [5, 5.41) is 0. The van der Waals surface area contributed by atoms with Crippen LogP contribution in [0, 0.1) is 12.7 Å². The fourth-order valence-corrected chi connectivity index (χ4v) is 2.06. The molecular formula is C19H14FNO2. The van der Waals surface area contributed by atoms with Crippen LogP contribution >= 0.6 is 0 Å². The SMILES string of the molecule is Cc1ccc(-c2nc(/C=C/C(=O)c3ccc(F)cc3)co2)cc1. The van der Waals surface area contributed by atoms with Gasteiger partial charge >= 0.3 is 0 Å². The Morgan fingerprint density at radius 1 is 1.09 bits per heavy atom. The largest absolute Gasteiger partial charge is 0.444 e. The van der Waals surface area contributed by atoms with Gasteiger partial charge in [0, 0.05) is 11.1 Å². The number of aromatic nitrogens is 1. The minimum absolute atomic E-state index is 0.218. The van der Waals surface area contributed by atoms with E-state index in [1.54, 1.807) is 6.08 Å². The van der Waals surface area contributed by atoms with Crippen molar-refractivity contribution in [1.82, 2.24) is 4.98 Å². The summed E-state index contributed by atoms with van der Waals surface area (Å²) < 4.78 is 18.3. The van der Waals surface area contributed by atoms with Crippen molar-refractivity contribution < 1.29 is 13.6 Å². The monoisotopic (exact) mass is 307 g/mol. The highest BCUT2D eigenvalue weighted by atomic mass is 19.1. The third-order valence-corrected chi connectivity index (χ3v) is 3.35. The number of carbonyl (C=O) groups excluding carboxylic acids is 1. The van der Waals surface area contributed by atoms with E-state index in [-0.39, 0.29) is 11.6 Å². The number of carbonyl (C=O) groups is 1. The Hall–Kier alpha value is -3.01. The highest BCUT2D eigenvalue weighted by Crippen LogP contribution is 2.19. The van der Waals surface area contributed by atoms with Gasteiger partial charge in [-0.3, -0.25) is 4.79 Å². The molecule has 3 nitrogen and oxygen atoms in total. The van der Waals surface area contributed by atoms with E-state index in [1.807, 2.05) is 31.2 Å². The highest BCUT2D eigenvalue weighted by molar-refractivity contribution is 6.06. The molecule has 0 spiro atoms. The van der Waals surface area contributed by atoms with Gasteiger partial charge in [0.15, 0.2) is 5.78 Å². The Balaban J connectivity index is 1.74. The summed E-state index contributed by atoms with van der Waals surface area (Å²) >= 11 is 0. The normalized spacial score (nSPS) is 11.0. The Bertz CT molecular complexity index is 846. The smallest absolute Gasteiger partial charge is 0.226 e. The summed E-state index contributed by atoms with van der Waals surface area (Å²) in [7, 11) is 0. The average molecular weight is 307 g/mol. The molecule has 0 aliphatic carbocycles. The zero-order valence-electron chi connectivity index (χ0n) is 12.5. The first-order chi connectivity index (χ1) is 11.1. The van der Waals surface area contributed by atoms with Gasteiger partial charge in [0.2, 0.25) is 5.89 Å². The van der Waals surface area contributed by atoms with E-state index >= 15 is 0 Å². The van der Waals surface area contributed by atoms with E-state index in [1.165, 1.54) is 36.6 Å². The maximum atomic E-state index is 12.8. The van der Waals surface area contributed by atoms with Crippen molar-refractivity contribution in [3.05, 3.63) is 83.5 Å². The maximum absolute atomic E-state index is 12.8. The standard InChI is InChI=1S/C19H14FNO2/c1-13-2-4-15(5-3-13)19-21-17(12-23-19)10-11-18(22)14-6-8-16(20)9-7-14/h2-12H,1H3/b11-10+. The second-order valence-electron chi connectivity index (χ2n) is 5.15. The third kappa shape index (κ3) is 3.61. The average Bonchev–Trinajstić information content (AvgIpc) is 3.03. The molecule has 2 aromatic carbocycles. The molecule has 0 N–H and O–H groups in total. The lowest BCUT2D eigenvalue weighted by Crippen LogP contribution is -1.93. The van der Waals surface area contributed by atoms with E-state index in [2.05, 4.69) is 4.98 Å². The van der Waals surface area contributed by atoms with E-state index < -0.39 is 0 Å². The number of rotatable bonds is 4. The molecule has 0 aliphatic rings. The zero-order valence-corrected chi connectivity index (χ0v) is 12.5. The Kier molecular flexibility index (Phi) is 4.15. The van der Waals surface area contributed by atoms with Crippen molar-refractivity contribution in [3.8, 4) is 11.5 Å². The van der Waals surface area contributed by atoms with E-state index in [4.69, 9.17) is 4.42 Å². The van der Waals surface area contributed by atoms with Crippen LogP contribution in [0.15, 0.2) is 65.3 Å². The lowest BCUT2D eigenvalue weighted by atomic mass is 10.1. The Morgan fingerprint density at radius 3 is 2.48 bits per heavy atom. The number of halogens is 1. The van der Waals surface area contributed by atoms with E-state index in [9.17, 15) is 9.18 Å². The van der Waals surface area contributed by atoms with Crippen LogP contribution in [0.2, 0.25) is 0 Å². The van der Waals surface area contributed by atoms with Gasteiger partial charge in [-0.15, -0.1) is 0 Å². The van der Waals surface area contributed by atoms with Crippen LogP contribution in [0.25, 0.3) is 17.5 Å². The molecule has 0 bridgehead atoms. The van der Waals surface area contributed by atoms with Gasteiger partial charge in [0.05, 0.1) is 0 Å². The van der Waals surface area contributed by atoms with E-state index in [0.29, 0.717) is 17.1 Å². The fourth-order valence-electron chi connectivity index (χ4n) is 2.06. The van der Waals surface area contributed by atoms with Gasteiger partial charge in [-0.1, -0.05) is 17.7 Å². The minimum Gasteiger partial charge on any atom is -0.444 e. The first-order valence-electron chi connectivity index (χ1n) is 7.12. The first-order valence-corrected chi connectivity index (χ1v) is 7.12. The van der Waals surface area contributed by atoms with Crippen molar-refractivity contribution in [2.45, 2.75) is 6.92 Å². The molecule has 1 heterocycles. The zero-order chi connectivity index (χ0) is 16.2.